The van der Waals surface area contributed by atoms with Crippen LogP contribution in [0.25, 0.3) is 0 Å². The van der Waals surface area contributed by atoms with Gasteiger partial charge in [0, 0.05) is 0 Å². The summed E-state index contributed by atoms with van der Waals surface area (Å²) >= 11 is 0. The van der Waals surface area contributed by atoms with Gasteiger partial charge in [-0.15, -0.1) is 0 Å². The average Bonchev–Trinajstić information content (AvgIpc) is 2.56. The maximum atomic E-state index is 10.8. The minimum Gasteiger partial charge on any atom is -0.324 e. The van der Waals surface area contributed by atoms with E-state index in [9.17, 15) is 4.57 Å². The third-order valence-corrected chi connectivity index (χ3v) is 6.20. The smallest absolute Gasteiger partial charge is 0.324 e. The zero-order valence-electron chi connectivity index (χ0n) is 8.33. The first kappa shape index (κ1) is 11.3. The van der Waals surface area contributed by atoms with Gasteiger partial charge in [0.05, 0.1) is 6.16 Å². The maximum Gasteiger partial charge on any atom is 0.325 e. The van der Waals surface area contributed by atoms with Crippen molar-refractivity contribution in [3.63, 3.8) is 0 Å². The summed E-state index contributed by atoms with van der Waals surface area (Å²) in [4.78, 5) is 17.6. The lowest BCUT2D eigenvalue weighted by molar-refractivity contribution is 0.375. The summed E-state index contributed by atoms with van der Waals surface area (Å²) in [5.74, 6) is 0. The van der Waals surface area contributed by atoms with Crippen LogP contribution in [0.15, 0.2) is 24.3 Å². The summed E-state index contributed by atoms with van der Waals surface area (Å²) in [7, 11) is -4.03. The minimum absolute atomic E-state index is 0.0483. The van der Waals surface area contributed by atoms with Crippen LogP contribution in [0.2, 0.25) is 0 Å². The molecule has 1 aliphatic heterocycles. The van der Waals surface area contributed by atoms with Gasteiger partial charge in [-0.1, -0.05) is 32.2 Å². The van der Waals surface area contributed by atoms with Crippen LogP contribution in [0.3, 0.4) is 0 Å². The molecular formula is C10H14O3P2. The first-order chi connectivity index (χ1) is 7.04. The van der Waals surface area contributed by atoms with Crippen LogP contribution in [0, 0.1) is 0 Å². The summed E-state index contributed by atoms with van der Waals surface area (Å²) in [6, 6.07) is 8.30. The molecule has 0 spiro atoms. The molecule has 2 N–H and O–H groups in total. The van der Waals surface area contributed by atoms with E-state index in [4.69, 9.17) is 9.79 Å². The quantitative estimate of drug-likeness (QED) is 0.802. The van der Waals surface area contributed by atoms with Gasteiger partial charge in [-0.05, 0) is 29.6 Å². The molecule has 0 bridgehead atoms. The molecule has 0 radical (unpaired) electrons. The van der Waals surface area contributed by atoms with E-state index < -0.39 is 7.60 Å². The van der Waals surface area contributed by atoms with E-state index in [1.54, 1.807) is 0 Å². The standard InChI is InChI=1S/C10H14O3P2/c11-15(12,13)6-5-14-7-9-3-1-2-4-10(9)8-14/h1-4H,5-8H2,(H2,11,12,13). The summed E-state index contributed by atoms with van der Waals surface area (Å²) in [5, 5.41) is 0. The Kier molecular flexibility index (Phi) is 3.27. The predicted octanol–water partition coefficient (Wildman–Crippen LogP) is 2.36. The summed E-state index contributed by atoms with van der Waals surface area (Å²) in [5.41, 5.74) is 2.74. The van der Waals surface area contributed by atoms with Crippen LogP contribution in [0.5, 0.6) is 0 Å². The van der Waals surface area contributed by atoms with Gasteiger partial charge in [0.15, 0.2) is 0 Å². The molecule has 3 nitrogen and oxygen atoms in total. The predicted molar refractivity (Wildman–Crippen MR) is 62.5 cm³/mol. The van der Waals surface area contributed by atoms with Gasteiger partial charge in [-0.25, -0.2) is 0 Å². The lowest BCUT2D eigenvalue weighted by atomic mass is 10.1. The van der Waals surface area contributed by atoms with Gasteiger partial charge in [-0.2, -0.15) is 0 Å². The Balaban J connectivity index is 1.94. The second-order valence-corrected chi connectivity index (χ2v) is 8.07. The first-order valence-electron chi connectivity index (χ1n) is 4.88. The fourth-order valence-corrected chi connectivity index (χ4v) is 6.02. The fourth-order valence-electron chi connectivity index (χ4n) is 1.83. The summed E-state index contributed by atoms with van der Waals surface area (Å²) < 4.78 is 10.8. The van der Waals surface area contributed by atoms with Crippen molar-refractivity contribution < 1.29 is 14.4 Å². The lowest BCUT2D eigenvalue weighted by Crippen LogP contribution is -1.93. The highest BCUT2D eigenvalue weighted by Gasteiger charge is 2.23. The van der Waals surface area contributed by atoms with Crippen molar-refractivity contribution in [3.05, 3.63) is 35.4 Å². The molecule has 82 valence electrons. The third-order valence-electron chi connectivity index (χ3n) is 2.61. The van der Waals surface area contributed by atoms with Crippen LogP contribution in [0.4, 0.5) is 0 Å². The number of benzene rings is 1. The van der Waals surface area contributed by atoms with Crippen molar-refractivity contribution in [2.75, 3.05) is 12.3 Å². The number of hydrogen-bond donors (Lipinski definition) is 2. The Morgan fingerprint density at radius 3 is 2.20 bits per heavy atom. The summed E-state index contributed by atoms with van der Waals surface area (Å²) in [6.45, 7) is 0. The van der Waals surface area contributed by atoms with Gasteiger partial charge < -0.3 is 9.79 Å². The molecule has 1 heterocycles. The van der Waals surface area contributed by atoms with E-state index in [0.29, 0.717) is 6.16 Å². The Bertz CT molecular complexity index is 374. The SMILES string of the molecule is O=P(O)(O)CCP1Cc2ccccc2C1. The highest BCUT2D eigenvalue weighted by Crippen LogP contribution is 2.52. The first-order valence-corrected chi connectivity index (χ1v) is 8.58. The molecule has 0 atom stereocenters. The third kappa shape index (κ3) is 3.12. The van der Waals surface area contributed by atoms with E-state index in [1.165, 1.54) is 11.1 Å². The molecule has 1 aromatic rings. The molecule has 1 aliphatic rings. The van der Waals surface area contributed by atoms with Crippen molar-refractivity contribution in [1.29, 1.82) is 0 Å². The maximum absolute atomic E-state index is 10.8. The molecule has 0 amide bonds. The Labute approximate surface area is 90.4 Å². The molecule has 2 rings (SSSR count). The largest absolute Gasteiger partial charge is 0.325 e. The highest BCUT2D eigenvalue weighted by molar-refractivity contribution is 7.58. The van der Waals surface area contributed by atoms with E-state index >= 15 is 0 Å². The molecule has 5 heteroatoms. The van der Waals surface area contributed by atoms with Crippen LogP contribution in [-0.2, 0) is 16.9 Å². The van der Waals surface area contributed by atoms with Crippen molar-refractivity contribution in [2.24, 2.45) is 0 Å². The van der Waals surface area contributed by atoms with E-state index in [-0.39, 0.29) is 14.1 Å². The van der Waals surface area contributed by atoms with Crippen LogP contribution in [0.1, 0.15) is 11.1 Å². The topological polar surface area (TPSA) is 57.5 Å². The molecular weight excluding hydrogens is 230 g/mol. The van der Waals surface area contributed by atoms with Gasteiger partial charge in [-0.3, -0.25) is 4.57 Å². The zero-order valence-corrected chi connectivity index (χ0v) is 10.1. The monoisotopic (exact) mass is 244 g/mol. The van der Waals surface area contributed by atoms with Crippen molar-refractivity contribution in [3.8, 4) is 0 Å². The summed E-state index contributed by atoms with van der Waals surface area (Å²) in [6.07, 6.45) is 2.80. The zero-order chi connectivity index (χ0) is 10.9. The minimum atomic E-state index is -3.80. The van der Waals surface area contributed by atoms with Gasteiger partial charge in [0.1, 0.15) is 0 Å². The van der Waals surface area contributed by atoms with Gasteiger partial charge in [0.2, 0.25) is 0 Å². The molecule has 1 aromatic carbocycles. The molecule has 0 aromatic heterocycles. The molecule has 0 aliphatic carbocycles. The Morgan fingerprint density at radius 2 is 1.73 bits per heavy atom. The average molecular weight is 244 g/mol. The Morgan fingerprint density at radius 1 is 1.20 bits per heavy atom. The van der Waals surface area contributed by atoms with Crippen molar-refractivity contribution >= 4 is 15.5 Å². The van der Waals surface area contributed by atoms with Gasteiger partial charge >= 0.3 is 7.60 Å². The van der Waals surface area contributed by atoms with Crippen molar-refractivity contribution in [1.82, 2.24) is 0 Å². The van der Waals surface area contributed by atoms with Crippen LogP contribution < -0.4 is 0 Å². The fraction of sp³-hybridized carbons (Fsp3) is 0.400. The highest BCUT2D eigenvalue weighted by atomic mass is 31.2. The lowest BCUT2D eigenvalue weighted by Gasteiger charge is -2.10. The molecule has 0 unspecified atom stereocenters. The normalized spacial score (nSPS) is 16.7. The second kappa shape index (κ2) is 4.35. The van der Waals surface area contributed by atoms with E-state index in [0.717, 1.165) is 12.3 Å². The van der Waals surface area contributed by atoms with E-state index in [2.05, 4.69) is 12.1 Å². The van der Waals surface area contributed by atoms with Crippen molar-refractivity contribution in [2.45, 2.75) is 12.3 Å². The number of rotatable bonds is 3. The Hall–Kier alpha value is -0.200. The number of hydrogen-bond acceptors (Lipinski definition) is 1. The second-order valence-electron chi connectivity index (χ2n) is 3.87. The molecule has 0 fully saturated rings. The van der Waals surface area contributed by atoms with Crippen LogP contribution >= 0.6 is 15.5 Å². The number of fused-ring (bicyclic) bond motifs is 1. The molecule has 15 heavy (non-hydrogen) atoms. The molecule has 0 saturated heterocycles. The van der Waals surface area contributed by atoms with Crippen LogP contribution in [-0.4, -0.2) is 22.1 Å². The molecule has 0 saturated carbocycles. The van der Waals surface area contributed by atoms with Gasteiger partial charge in [0.25, 0.3) is 0 Å². The van der Waals surface area contributed by atoms with E-state index in [1.807, 2.05) is 12.1 Å².